The van der Waals surface area contributed by atoms with Gasteiger partial charge in [-0.2, -0.15) is 0 Å². The minimum absolute atomic E-state index is 0.0799. The van der Waals surface area contributed by atoms with E-state index in [9.17, 15) is 9.59 Å². The molecule has 5 heteroatoms. The fourth-order valence-corrected chi connectivity index (χ4v) is 6.25. The Balaban J connectivity index is 4.23. The second-order valence-corrected chi connectivity index (χ2v) is 15.0. The van der Waals surface area contributed by atoms with Crippen molar-refractivity contribution in [2.75, 3.05) is 19.8 Å². The smallest absolute Gasteiger partial charge is 0.306 e. The van der Waals surface area contributed by atoms with Gasteiger partial charge in [0.25, 0.3) is 0 Å². The van der Waals surface area contributed by atoms with E-state index in [1.807, 2.05) is 0 Å². The summed E-state index contributed by atoms with van der Waals surface area (Å²) in [4.78, 5) is 25.2. The van der Waals surface area contributed by atoms with Gasteiger partial charge in [0.2, 0.25) is 0 Å². The Morgan fingerprint density at radius 3 is 1.38 bits per heavy atom. The third kappa shape index (κ3) is 40.9. The summed E-state index contributed by atoms with van der Waals surface area (Å²) in [6, 6.07) is 0. The van der Waals surface area contributed by atoms with Crippen LogP contribution in [0, 0.1) is 0 Å². The van der Waals surface area contributed by atoms with Crippen molar-refractivity contribution in [2.24, 2.45) is 0 Å². The molecule has 0 N–H and O–H groups in total. The summed E-state index contributed by atoms with van der Waals surface area (Å²) in [6.07, 6.45) is 49.9. The maximum Gasteiger partial charge on any atom is 0.306 e. The lowest BCUT2D eigenvalue weighted by Gasteiger charge is -2.18. The average molecular weight is 731 g/mol. The molecule has 0 bridgehead atoms. The van der Waals surface area contributed by atoms with E-state index in [0.29, 0.717) is 19.4 Å². The summed E-state index contributed by atoms with van der Waals surface area (Å²) in [5, 5.41) is 0. The van der Waals surface area contributed by atoms with Crippen molar-refractivity contribution in [1.29, 1.82) is 0 Å². The van der Waals surface area contributed by atoms with Crippen molar-refractivity contribution in [3.05, 3.63) is 36.5 Å². The van der Waals surface area contributed by atoms with Gasteiger partial charge in [0.15, 0.2) is 6.10 Å². The molecule has 304 valence electrons. The molecule has 52 heavy (non-hydrogen) atoms. The van der Waals surface area contributed by atoms with Crippen LogP contribution in [0.3, 0.4) is 0 Å². The van der Waals surface area contributed by atoms with Crippen LogP contribution in [0.25, 0.3) is 0 Å². The van der Waals surface area contributed by atoms with Gasteiger partial charge in [-0.1, -0.05) is 179 Å². The molecule has 0 fully saturated rings. The molecule has 0 aromatic carbocycles. The first-order valence-electron chi connectivity index (χ1n) is 22.5. The van der Waals surface area contributed by atoms with Crippen LogP contribution in [-0.2, 0) is 23.8 Å². The Morgan fingerprint density at radius 2 is 0.846 bits per heavy atom. The number of ether oxygens (including phenoxy) is 3. The molecule has 1 unspecified atom stereocenters. The van der Waals surface area contributed by atoms with E-state index >= 15 is 0 Å². The molecule has 0 aromatic heterocycles. The molecule has 5 nitrogen and oxygen atoms in total. The van der Waals surface area contributed by atoms with Crippen LogP contribution in [0.5, 0.6) is 0 Å². The molecule has 0 radical (unpaired) electrons. The Bertz CT molecular complexity index is 832. The second kappa shape index (κ2) is 43.5. The summed E-state index contributed by atoms with van der Waals surface area (Å²) in [5.74, 6) is -0.410. The van der Waals surface area contributed by atoms with Crippen LogP contribution < -0.4 is 0 Å². The summed E-state index contributed by atoms with van der Waals surface area (Å²) < 4.78 is 17.3. The molecule has 0 aromatic rings. The van der Waals surface area contributed by atoms with Crippen molar-refractivity contribution in [3.63, 3.8) is 0 Å². The topological polar surface area (TPSA) is 61.8 Å². The van der Waals surface area contributed by atoms with Crippen LogP contribution >= 0.6 is 0 Å². The van der Waals surface area contributed by atoms with Gasteiger partial charge in [0.1, 0.15) is 6.61 Å². The lowest BCUT2D eigenvalue weighted by molar-refractivity contribution is -0.163. The van der Waals surface area contributed by atoms with Crippen molar-refractivity contribution < 1.29 is 23.8 Å². The van der Waals surface area contributed by atoms with E-state index in [2.05, 4.69) is 57.2 Å². The van der Waals surface area contributed by atoms with E-state index in [0.717, 1.165) is 57.8 Å². The molecule has 0 saturated carbocycles. The number of hydrogen-bond acceptors (Lipinski definition) is 5. The van der Waals surface area contributed by atoms with E-state index < -0.39 is 6.10 Å². The van der Waals surface area contributed by atoms with E-state index in [-0.39, 0.29) is 25.2 Å². The molecule has 0 aliphatic carbocycles. The fraction of sp³-hybridized carbons (Fsp3) is 0.830. The monoisotopic (exact) mass is 731 g/mol. The van der Waals surface area contributed by atoms with Crippen molar-refractivity contribution >= 4 is 11.9 Å². The predicted molar refractivity (Wildman–Crippen MR) is 224 cm³/mol. The van der Waals surface area contributed by atoms with Crippen molar-refractivity contribution in [2.45, 2.75) is 232 Å². The quantitative estimate of drug-likeness (QED) is 0.0356. The lowest BCUT2D eigenvalue weighted by atomic mass is 10.1. The zero-order valence-electron chi connectivity index (χ0n) is 34.8. The minimum atomic E-state index is -0.537. The fourth-order valence-electron chi connectivity index (χ4n) is 6.25. The standard InChI is InChI=1S/C47H86O5/c1-4-7-10-13-16-19-21-23-25-27-30-33-36-39-42-50-43-45(52-47(49)41-38-35-32-28-18-15-12-9-6-3)44-51-46(48)40-37-34-31-29-26-24-22-20-17-14-11-8-5-2/h10,13,19-22,45H,4-9,11-12,14-18,23-44H2,1-3H3/b13-10-,21-19-,22-20-. The first-order valence-corrected chi connectivity index (χ1v) is 22.5. The van der Waals surface area contributed by atoms with Gasteiger partial charge in [-0.15, -0.1) is 0 Å². The first kappa shape index (κ1) is 50.1. The third-order valence-electron chi connectivity index (χ3n) is 9.63. The molecule has 0 aliphatic heterocycles. The van der Waals surface area contributed by atoms with Crippen LogP contribution in [0.2, 0.25) is 0 Å². The largest absolute Gasteiger partial charge is 0.462 e. The number of esters is 2. The summed E-state index contributed by atoms with van der Waals surface area (Å²) in [6.45, 7) is 7.72. The van der Waals surface area contributed by atoms with Crippen LogP contribution in [0.1, 0.15) is 226 Å². The van der Waals surface area contributed by atoms with Gasteiger partial charge in [-0.25, -0.2) is 0 Å². The highest BCUT2D eigenvalue weighted by molar-refractivity contribution is 5.70. The summed E-state index contributed by atoms with van der Waals surface area (Å²) in [5.41, 5.74) is 0. The molecule has 1 atom stereocenters. The number of rotatable bonds is 41. The molecule has 0 aliphatic rings. The van der Waals surface area contributed by atoms with Gasteiger partial charge >= 0.3 is 11.9 Å². The van der Waals surface area contributed by atoms with Crippen molar-refractivity contribution in [1.82, 2.24) is 0 Å². The van der Waals surface area contributed by atoms with Crippen LogP contribution in [0.4, 0.5) is 0 Å². The number of unbranched alkanes of at least 4 members (excludes halogenated alkanes) is 24. The number of allylic oxidation sites excluding steroid dienone is 6. The molecule has 0 amide bonds. The van der Waals surface area contributed by atoms with E-state index in [4.69, 9.17) is 14.2 Å². The van der Waals surface area contributed by atoms with Crippen molar-refractivity contribution in [3.8, 4) is 0 Å². The summed E-state index contributed by atoms with van der Waals surface area (Å²) in [7, 11) is 0. The molecular formula is C47H86O5. The number of carbonyl (C=O) groups is 2. The molecular weight excluding hydrogens is 645 g/mol. The maximum atomic E-state index is 12.7. The minimum Gasteiger partial charge on any atom is -0.462 e. The molecule has 0 heterocycles. The zero-order valence-corrected chi connectivity index (χ0v) is 34.8. The maximum absolute atomic E-state index is 12.7. The lowest BCUT2D eigenvalue weighted by Crippen LogP contribution is -2.30. The second-order valence-electron chi connectivity index (χ2n) is 15.0. The van der Waals surface area contributed by atoms with E-state index in [1.54, 1.807) is 0 Å². The highest BCUT2D eigenvalue weighted by Crippen LogP contribution is 2.13. The Kier molecular flexibility index (Phi) is 42.0. The van der Waals surface area contributed by atoms with Gasteiger partial charge < -0.3 is 14.2 Å². The van der Waals surface area contributed by atoms with Crippen LogP contribution in [0.15, 0.2) is 36.5 Å². The number of carbonyl (C=O) groups excluding carboxylic acids is 2. The highest BCUT2D eigenvalue weighted by atomic mass is 16.6. The normalized spacial score (nSPS) is 12.4. The predicted octanol–water partition coefficient (Wildman–Crippen LogP) is 14.7. The van der Waals surface area contributed by atoms with Gasteiger partial charge in [-0.05, 0) is 70.6 Å². The van der Waals surface area contributed by atoms with Gasteiger partial charge in [0, 0.05) is 19.4 Å². The highest BCUT2D eigenvalue weighted by Gasteiger charge is 2.17. The van der Waals surface area contributed by atoms with E-state index in [1.165, 1.54) is 135 Å². The number of hydrogen-bond donors (Lipinski definition) is 0. The third-order valence-corrected chi connectivity index (χ3v) is 9.63. The van der Waals surface area contributed by atoms with Crippen LogP contribution in [-0.4, -0.2) is 37.9 Å². The average Bonchev–Trinajstić information content (AvgIpc) is 3.14. The Labute approximate surface area is 323 Å². The summed E-state index contributed by atoms with van der Waals surface area (Å²) >= 11 is 0. The van der Waals surface area contributed by atoms with Gasteiger partial charge in [0.05, 0.1) is 6.61 Å². The zero-order chi connectivity index (χ0) is 37.8. The Morgan fingerprint density at radius 1 is 0.423 bits per heavy atom. The Hall–Kier alpha value is -1.88. The molecule has 0 spiro atoms. The first-order chi connectivity index (χ1) is 25.6. The molecule has 0 saturated heterocycles. The SMILES string of the molecule is CCC/C=C\C/C=C\CCCCCCCCOCC(COC(=O)CCCCCCC/C=C\CCCCCC)OC(=O)CCCCCCCCCCC. The molecule has 0 rings (SSSR count). The van der Waals surface area contributed by atoms with Gasteiger partial charge in [-0.3, -0.25) is 9.59 Å².